The van der Waals surface area contributed by atoms with Crippen molar-refractivity contribution < 1.29 is 9.47 Å². The van der Waals surface area contributed by atoms with Gasteiger partial charge in [0, 0.05) is 94.5 Å². The van der Waals surface area contributed by atoms with Crippen LogP contribution in [0.4, 0.5) is 17.1 Å². The maximum atomic E-state index is 10.3. The summed E-state index contributed by atoms with van der Waals surface area (Å²) in [6.07, 6.45) is 3.95. The van der Waals surface area contributed by atoms with E-state index in [2.05, 4.69) is 248 Å². The fraction of sp³-hybridized carbons (Fsp3) is 0.0118. The Balaban J connectivity index is 0.849. The number of pyridine rings is 2. The van der Waals surface area contributed by atoms with Crippen molar-refractivity contribution in [2.45, 2.75) is 5.41 Å². The standard InChI is InChI=1S/C85H47N9O2/c86-46-50-29-36-74-62(39-50)63-40-51(47-87)30-37-75(63)94(74)56-43-68-84(89-49-56)83-67(42-55(48-88-83)93-71-22-8-3-17-59(71)60-18-4-9-23-72(60)93)85(68)65-34-31-53(90-69-20-6-1-15-57(69)58-16-2-7-21-70(58)90)44-81(65)96-82-45-54(32-35-66(82)85)91-73-24-10-5-19-61(73)64-41-52(33-38-76(64)91)92-77-25-11-13-27-79(77)95-80-28-14-12-26-78(80)92/h1-45,48-49H. The molecule has 11 nitrogen and oxygen atoms in total. The van der Waals surface area contributed by atoms with Crippen LogP contribution in [0.2, 0.25) is 0 Å². The Bertz CT molecular complexity index is 6380. The van der Waals surface area contributed by atoms with Gasteiger partial charge in [0.15, 0.2) is 11.5 Å². The molecule has 18 aromatic rings. The number of ether oxygens (including phenoxy) is 2. The molecule has 3 aliphatic rings. The van der Waals surface area contributed by atoms with Gasteiger partial charge in [-0.1, -0.05) is 127 Å². The Kier molecular flexibility index (Phi) is 10.5. The highest BCUT2D eigenvalue weighted by Crippen LogP contribution is 2.63. The summed E-state index contributed by atoms with van der Waals surface area (Å²) in [4.78, 5) is 13.5. The van der Waals surface area contributed by atoms with Crippen molar-refractivity contribution in [3.8, 4) is 69.3 Å². The van der Waals surface area contributed by atoms with Gasteiger partial charge in [0.25, 0.3) is 0 Å². The number of para-hydroxylation sites is 9. The molecule has 0 amide bonds. The van der Waals surface area contributed by atoms with E-state index in [1.54, 1.807) is 0 Å². The molecule has 8 heterocycles. The Hall–Kier alpha value is -13.5. The average molecular weight is 1230 g/mol. The van der Waals surface area contributed by atoms with Gasteiger partial charge in [-0.05, 0) is 133 Å². The number of rotatable bonds is 5. The molecule has 0 bridgehead atoms. The summed E-state index contributed by atoms with van der Waals surface area (Å²) in [6, 6.07) is 101. The van der Waals surface area contributed by atoms with Gasteiger partial charge >= 0.3 is 0 Å². The van der Waals surface area contributed by atoms with Crippen LogP contribution in [0, 0.1) is 22.7 Å². The topological polar surface area (TPSA) is 115 Å². The van der Waals surface area contributed by atoms with E-state index < -0.39 is 5.41 Å². The van der Waals surface area contributed by atoms with Crippen molar-refractivity contribution in [3.05, 3.63) is 319 Å². The highest BCUT2D eigenvalue weighted by Gasteiger charge is 2.53. The van der Waals surface area contributed by atoms with Gasteiger partial charge in [0.1, 0.15) is 11.5 Å². The Morgan fingerprint density at radius 2 is 0.625 bits per heavy atom. The van der Waals surface area contributed by atoms with Gasteiger partial charge in [-0.3, -0.25) is 9.97 Å². The lowest BCUT2D eigenvalue weighted by molar-refractivity contribution is 0.436. The summed E-state index contributed by atoms with van der Waals surface area (Å²) in [5, 5.41) is 29.1. The molecule has 2 aliphatic heterocycles. The van der Waals surface area contributed by atoms with E-state index in [1.807, 2.05) is 73.1 Å². The second kappa shape index (κ2) is 19.3. The fourth-order valence-corrected chi connectivity index (χ4v) is 16.4. The molecule has 0 saturated heterocycles. The lowest BCUT2D eigenvalue weighted by Gasteiger charge is -2.39. The van der Waals surface area contributed by atoms with Crippen molar-refractivity contribution in [3.63, 3.8) is 0 Å². The average Bonchev–Trinajstić information content (AvgIpc) is 1.47. The third-order valence-electron chi connectivity index (χ3n) is 20.3. The Morgan fingerprint density at radius 3 is 1.06 bits per heavy atom. The summed E-state index contributed by atoms with van der Waals surface area (Å²) >= 11 is 0. The minimum absolute atomic E-state index is 0.529. The lowest BCUT2D eigenvalue weighted by atomic mass is 9.66. The lowest BCUT2D eigenvalue weighted by Crippen LogP contribution is -2.32. The zero-order valence-corrected chi connectivity index (χ0v) is 51.0. The molecule has 6 aromatic heterocycles. The monoisotopic (exact) mass is 1230 g/mol. The molecular formula is C85H47N9O2. The van der Waals surface area contributed by atoms with E-state index in [0.29, 0.717) is 22.6 Å². The molecule has 12 aromatic carbocycles. The number of hydrogen-bond acceptors (Lipinski definition) is 7. The maximum Gasteiger partial charge on any atom is 0.151 e. The van der Waals surface area contributed by atoms with Crippen LogP contribution in [0.5, 0.6) is 23.0 Å². The molecule has 1 spiro atoms. The van der Waals surface area contributed by atoms with E-state index in [-0.39, 0.29) is 0 Å². The highest BCUT2D eigenvalue weighted by molar-refractivity contribution is 6.14. The number of nitriles is 2. The summed E-state index contributed by atoms with van der Waals surface area (Å²) in [5.41, 5.74) is 19.9. The van der Waals surface area contributed by atoms with E-state index in [1.165, 1.54) is 0 Å². The normalized spacial score (nSPS) is 14.2. The van der Waals surface area contributed by atoms with Crippen LogP contribution in [0.25, 0.3) is 121 Å². The summed E-state index contributed by atoms with van der Waals surface area (Å²) < 4.78 is 23.5. The van der Waals surface area contributed by atoms with Gasteiger partial charge in [-0.2, -0.15) is 10.5 Å². The molecule has 1 unspecified atom stereocenters. The van der Waals surface area contributed by atoms with Crippen molar-refractivity contribution in [2.24, 2.45) is 0 Å². The fourth-order valence-electron chi connectivity index (χ4n) is 16.4. The molecule has 0 N–H and O–H groups in total. The van der Waals surface area contributed by atoms with E-state index >= 15 is 0 Å². The van der Waals surface area contributed by atoms with Gasteiger partial charge in [-0.15, -0.1) is 0 Å². The zero-order chi connectivity index (χ0) is 63.1. The third-order valence-corrected chi connectivity index (χ3v) is 20.3. The zero-order valence-electron chi connectivity index (χ0n) is 51.0. The van der Waals surface area contributed by atoms with Crippen LogP contribution in [0.1, 0.15) is 33.4 Å². The number of hydrogen-bond donors (Lipinski definition) is 0. The number of aromatic nitrogens is 6. The molecule has 1 aliphatic carbocycles. The van der Waals surface area contributed by atoms with Crippen molar-refractivity contribution >= 4 is 104 Å². The van der Waals surface area contributed by atoms with E-state index in [0.717, 1.165) is 172 Å². The van der Waals surface area contributed by atoms with Crippen LogP contribution in [-0.2, 0) is 5.41 Å². The van der Waals surface area contributed by atoms with Gasteiger partial charge in [-0.25, -0.2) is 0 Å². The van der Waals surface area contributed by atoms with Crippen molar-refractivity contribution in [1.29, 1.82) is 10.5 Å². The first kappa shape index (κ1) is 52.2. The second-order valence-electron chi connectivity index (χ2n) is 25.1. The number of nitrogens with zero attached hydrogens (tertiary/aromatic N) is 9. The number of fused-ring (bicyclic) bond motifs is 23. The number of benzene rings is 12. The molecular weight excluding hydrogens is 1180 g/mol. The van der Waals surface area contributed by atoms with Gasteiger partial charge in [0.05, 0.1) is 119 Å². The summed E-state index contributed by atoms with van der Waals surface area (Å²) in [5.74, 6) is 2.96. The van der Waals surface area contributed by atoms with Gasteiger partial charge < -0.3 is 32.6 Å². The molecule has 0 fully saturated rings. The second-order valence-corrected chi connectivity index (χ2v) is 25.1. The highest BCUT2D eigenvalue weighted by atomic mass is 16.5. The minimum atomic E-state index is -1.11. The number of anilines is 3. The molecule has 444 valence electrons. The Labute approximate surface area is 547 Å². The van der Waals surface area contributed by atoms with Crippen LogP contribution in [-0.4, -0.2) is 28.2 Å². The van der Waals surface area contributed by atoms with Gasteiger partial charge in [0.2, 0.25) is 0 Å². The van der Waals surface area contributed by atoms with E-state index in [4.69, 9.17) is 19.4 Å². The van der Waals surface area contributed by atoms with Crippen LogP contribution in [0.15, 0.2) is 285 Å². The molecule has 0 radical (unpaired) electrons. The molecule has 1 atom stereocenters. The SMILES string of the molecule is N#Cc1ccc2c(c1)c1cc(C#N)ccc1n2-c1cnc2c(c1)C1(c3ccc(-n4c5ccccc5c5ccccc54)cc3Oc3cc(-n4c5ccccc5c5cc(N6c7ccccc7Oc7ccccc76)ccc54)ccc31)c1cc(-n3c4ccccc4c4ccccc43)cnc1-2. The summed E-state index contributed by atoms with van der Waals surface area (Å²) in [7, 11) is 0. The van der Waals surface area contributed by atoms with Crippen LogP contribution >= 0.6 is 0 Å². The summed E-state index contributed by atoms with van der Waals surface area (Å²) in [6.45, 7) is 0. The maximum absolute atomic E-state index is 10.3. The van der Waals surface area contributed by atoms with E-state index in [9.17, 15) is 10.5 Å². The largest absolute Gasteiger partial charge is 0.457 e. The smallest absolute Gasteiger partial charge is 0.151 e. The Morgan fingerprint density at radius 1 is 0.281 bits per heavy atom. The quantitative estimate of drug-likeness (QED) is 0.169. The van der Waals surface area contributed by atoms with Crippen molar-refractivity contribution in [1.82, 2.24) is 28.2 Å². The van der Waals surface area contributed by atoms with Crippen molar-refractivity contribution in [2.75, 3.05) is 4.90 Å². The first-order valence-electron chi connectivity index (χ1n) is 32.0. The first-order chi connectivity index (χ1) is 47.5. The predicted octanol–water partition coefficient (Wildman–Crippen LogP) is 20.7. The predicted molar refractivity (Wildman–Crippen MR) is 381 cm³/mol. The minimum Gasteiger partial charge on any atom is -0.457 e. The molecule has 96 heavy (non-hydrogen) atoms. The van der Waals surface area contributed by atoms with Crippen LogP contribution in [0.3, 0.4) is 0 Å². The first-order valence-corrected chi connectivity index (χ1v) is 32.0. The molecule has 21 rings (SSSR count). The molecule has 0 saturated carbocycles. The molecule has 11 heteroatoms. The van der Waals surface area contributed by atoms with Crippen LogP contribution < -0.4 is 14.4 Å². The third kappa shape index (κ3) is 6.96.